The van der Waals surface area contributed by atoms with Crippen molar-refractivity contribution < 1.29 is 9.32 Å². The number of carbonyl (C=O) groups excluding carboxylic acids is 1. The van der Waals surface area contributed by atoms with E-state index in [1.54, 1.807) is 7.05 Å². The van der Waals surface area contributed by atoms with Gasteiger partial charge in [0, 0.05) is 19.0 Å². The molecule has 5 heteroatoms. The van der Waals surface area contributed by atoms with Crippen LogP contribution in [0.15, 0.2) is 4.52 Å². The SMILES string of the molecule is C#CCC(N)C(=O)N(C)Cc1c(C)noc1C. The molecule has 0 bridgehead atoms. The smallest absolute Gasteiger partial charge is 0.240 e. The molecule has 1 amide bonds. The van der Waals surface area contributed by atoms with Crippen molar-refractivity contribution in [2.75, 3.05) is 7.05 Å². The maximum atomic E-state index is 11.8. The second-order valence-corrected chi connectivity index (χ2v) is 4.01. The minimum absolute atomic E-state index is 0.178. The minimum Gasteiger partial charge on any atom is -0.361 e. The van der Waals surface area contributed by atoms with Crippen molar-refractivity contribution in [1.29, 1.82) is 0 Å². The van der Waals surface area contributed by atoms with Gasteiger partial charge in [-0.2, -0.15) is 0 Å². The van der Waals surface area contributed by atoms with Gasteiger partial charge in [0.1, 0.15) is 5.76 Å². The summed E-state index contributed by atoms with van der Waals surface area (Å²) in [5.41, 5.74) is 7.36. The Morgan fingerprint density at radius 3 is 2.76 bits per heavy atom. The second-order valence-electron chi connectivity index (χ2n) is 4.01. The molecule has 0 aliphatic carbocycles. The van der Waals surface area contributed by atoms with Crippen LogP contribution in [0.4, 0.5) is 0 Å². The summed E-state index contributed by atoms with van der Waals surface area (Å²) in [5.74, 6) is 2.92. The van der Waals surface area contributed by atoms with E-state index < -0.39 is 6.04 Å². The normalized spacial score (nSPS) is 11.9. The number of rotatable bonds is 4. The van der Waals surface area contributed by atoms with Gasteiger partial charge < -0.3 is 15.2 Å². The van der Waals surface area contributed by atoms with Gasteiger partial charge in [0.25, 0.3) is 0 Å². The van der Waals surface area contributed by atoms with E-state index >= 15 is 0 Å². The lowest BCUT2D eigenvalue weighted by atomic mass is 10.1. The summed E-state index contributed by atoms with van der Waals surface area (Å²) in [6, 6.07) is -0.648. The quantitative estimate of drug-likeness (QED) is 0.776. The molecular formula is C12H17N3O2. The van der Waals surface area contributed by atoms with Crippen LogP contribution < -0.4 is 5.73 Å². The average Bonchev–Trinajstić information content (AvgIpc) is 2.60. The van der Waals surface area contributed by atoms with Gasteiger partial charge in [-0.3, -0.25) is 4.79 Å². The van der Waals surface area contributed by atoms with Gasteiger partial charge in [0.15, 0.2) is 0 Å². The van der Waals surface area contributed by atoms with E-state index in [0.717, 1.165) is 11.3 Å². The number of hydrogen-bond donors (Lipinski definition) is 1. The molecule has 1 rings (SSSR count). The second kappa shape index (κ2) is 5.51. The van der Waals surface area contributed by atoms with Crippen molar-refractivity contribution in [2.45, 2.75) is 32.9 Å². The molecule has 1 aromatic rings. The molecule has 1 unspecified atom stereocenters. The molecule has 0 aliphatic heterocycles. The molecule has 0 radical (unpaired) electrons. The van der Waals surface area contributed by atoms with Crippen LogP contribution in [-0.4, -0.2) is 29.1 Å². The van der Waals surface area contributed by atoms with Crippen molar-refractivity contribution in [3.05, 3.63) is 17.0 Å². The van der Waals surface area contributed by atoms with Gasteiger partial charge >= 0.3 is 0 Å². The molecule has 0 aliphatic rings. The van der Waals surface area contributed by atoms with Crippen molar-refractivity contribution >= 4 is 5.91 Å². The lowest BCUT2D eigenvalue weighted by molar-refractivity contribution is -0.131. The van der Waals surface area contributed by atoms with E-state index in [1.165, 1.54) is 4.90 Å². The first-order chi connectivity index (χ1) is 7.97. The summed E-state index contributed by atoms with van der Waals surface area (Å²) in [4.78, 5) is 13.4. The summed E-state index contributed by atoms with van der Waals surface area (Å²) < 4.78 is 5.03. The number of aryl methyl sites for hydroxylation is 2. The van der Waals surface area contributed by atoms with E-state index in [1.807, 2.05) is 13.8 Å². The van der Waals surface area contributed by atoms with Gasteiger partial charge in [-0.15, -0.1) is 12.3 Å². The monoisotopic (exact) mass is 235 g/mol. The maximum absolute atomic E-state index is 11.8. The molecule has 0 saturated carbocycles. The fourth-order valence-electron chi connectivity index (χ4n) is 1.54. The third-order valence-electron chi connectivity index (χ3n) is 2.61. The lowest BCUT2D eigenvalue weighted by Crippen LogP contribution is -2.41. The Kier molecular flexibility index (Phi) is 4.30. The highest BCUT2D eigenvalue weighted by Gasteiger charge is 2.19. The molecule has 0 saturated heterocycles. The third-order valence-corrected chi connectivity index (χ3v) is 2.61. The van der Waals surface area contributed by atoms with E-state index in [-0.39, 0.29) is 12.3 Å². The zero-order valence-corrected chi connectivity index (χ0v) is 10.4. The minimum atomic E-state index is -0.648. The van der Waals surface area contributed by atoms with Crippen LogP contribution in [0.3, 0.4) is 0 Å². The molecule has 1 atom stereocenters. The van der Waals surface area contributed by atoms with E-state index in [9.17, 15) is 4.79 Å². The van der Waals surface area contributed by atoms with Crippen LogP contribution in [0.5, 0.6) is 0 Å². The molecular weight excluding hydrogens is 218 g/mol. The average molecular weight is 235 g/mol. The van der Waals surface area contributed by atoms with Gasteiger partial charge in [0.2, 0.25) is 5.91 Å². The summed E-state index contributed by atoms with van der Waals surface area (Å²) in [7, 11) is 1.69. The first kappa shape index (κ1) is 13.3. The highest BCUT2D eigenvalue weighted by atomic mass is 16.5. The highest BCUT2D eigenvalue weighted by Crippen LogP contribution is 2.14. The van der Waals surface area contributed by atoms with Crippen LogP contribution in [-0.2, 0) is 11.3 Å². The van der Waals surface area contributed by atoms with E-state index in [0.29, 0.717) is 12.3 Å². The predicted molar refractivity (Wildman–Crippen MR) is 63.9 cm³/mol. The molecule has 1 aromatic heterocycles. The Morgan fingerprint density at radius 2 is 2.29 bits per heavy atom. The number of amides is 1. The predicted octanol–water partition coefficient (Wildman–Crippen LogP) is 0.600. The first-order valence-corrected chi connectivity index (χ1v) is 5.33. The van der Waals surface area contributed by atoms with Crippen molar-refractivity contribution in [3.63, 3.8) is 0 Å². The number of aromatic nitrogens is 1. The maximum Gasteiger partial charge on any atom is 0.240 e. The first-order valence-electron chi connectivity index (χ1n) is 5.33. The molecule has 1 heterocycles. The number of terminal acetylenes is 1. The van der Waals surface area contributed by atoms with E-state index in [2.05, 4.69) is 11.1 Å². The molecule has 92 valence electrons. The van der Waals surface area contributed by atoms with Gasteiger partial charge in [-0.1, -0.05) is 5.16 Å². The molecule has 2 N–H and O–H groups in total. The molecule has 5 nitrogen and oxygen atoms in total. The van der Waals surface area contributed by atoms with Crippen molar-refractivity contribution in [3.8, 4) is 12.3 Å². The topological polar surface area (TPSA) is 72.4 Å². The molecule has 0 aromatic carbocycles. The Balaban J connectivity index is 2.70. The fourth-order valence-corrected chi connectivity index (χ4v) is 1.54. The van der Waals surface area contributed by atoms with Crippen LogP contribution in [0.25, 0.3) is 0 Å². The summed E-state index contributed by atoms with van der Waals surface area (Å²) in [5, 5.41) is 3.83. The molecule has 17 heavy (non-hydrogen) atoms. The zero-order chi connectivity index (χ0) is 13.0. The van der Waals surface area contributed by atoms with Crippen LogP contribution in [0.2, 0.25) is 0 Å². The zero-order valence-electron chi connectivity index (χ0n) is 10.4. The standard InChI is InChI=1S/C12H17N3O2/c1-5-6-11(13)12(16)15(4)7-10-8(2)14-17-9(10)3/h1,11H,6-7,13H2,2-4H3. The Hall–Kier alpha value is -1.80. The Morgan fingerprint density at radius 1 is 1.65 bits per heavy atom. The summed E-state index contributed by atoms with van der Waals surface area (Å²) in [6.45, 7) is 4.08. The van der Waals surface area contributed by atoms with Gasteiger partial charge in [-0.05, 0) is 13.8 Å². The Bertz CT molecular complexity index is 426. The van der Waals surface area contributed by atoms with Crippen molar-refractivity contribution in [2.24, 2.45) is 5.73 Å². The highest BCUT2D eigenvalue weighted by molar-refractivity contribution is 5.81. The lowest BCUT2D eigenvalue weighted by Gasteiger charge is -2.20. The third kappa shape index (κ3) is 3.08. The number of nitrogens with zero attached hydrogens (tertiary/aromatic N) is 2. The number of nitrogens with two attached hydrogens (primary N) is 1. The van der Waals surface area contributed by atoms with Gasteiger partial charge in [-0.25, -0.2) is 0 Å². The molecule has 0 fully saturated rings. The number of likely N-dealkylation sites (N-methyl/N-ethyl adjacent to an activating group) is 1. The number of hydrogen-bond acceptors (Lipinski definition) is 4. The van der Waals surface area contributed by atoms with Crippen LogP contribution >= 0.6 is 0 Å². The molecule has 0 spiro atoms. The van der Waals surface area contributed by atoms with Crippen LogP contribution in [0, 0.1) is 26.2 Å². The largest absolute Gasteiger partial charge is 0.361 e. The van der Waals surface area contributed by atoms with E-state index in [4.69, 9.17) is 16.7 Å². The van der Waals surface area contributed by atoms with Gasteiger partial charge in [0.05, 0.1) is 18.3 Å². The Labute approximate surface area is 101 Å². The van der Waals surface area contributed by atoms with Crippen LogP contribution in [0.1, 0.15) is 23.4 Å². The number of carbonyl (C=O) groups is 1. The summed E-state index contributed by atoms with van der Waals surface area (Å²) in [6.07, 6.45) is 5.37. The fraction of sp³-hybridized carbons (Fsp3) is 0.500. The van der Waals surface area contributed by atoms with Crippen molar-refractivity contribution in [1.82, 2.24) is 10.1 Å². The summed E-state index contributed by atoms with van der Waals surface area (Å²) >= 11 is 0.